The molecule has 2 aliphatic carbocycles. The number of carbonyl (C=O) groups excluding carboxylic acids is 1. The smallest absolute Gasteiger partial charge is 0.307 e. The summed E-state index contributed by atoms with van der Waals surface area (Å²) in [6.07, 6.45) is 5.96. The molecule has 1 atom stereocenters. The fraction of sp³-hybridized carbons (Fsp3) is 0.500. The van der Waals surface area contributed by atoms with Crippen LogP contribution in [0.3, 0.4) is 0 Å². The minimum absolute atomic E-state index is 0.0139. The summed E-state index contributed by atoms with van der Waals surface area (Å²) in [4.78, 5) is 22.8. The zero-order chi connectivity index (χ0) is 14.2. The molecule has 4 nitrogen and oxygen atoms in total. The molecule has 2 aliphatic rings. The first-order valence-corrected chi connectivity index (χ1v) is 7.21. The third-order valence-electron chi connectivity index (χ3n) is 4.68. The molecule has 1 amide bonds. The van der Waals surface area contributed by atoms with E-state index >= 15 is 0 Å². The van der Waals surface area contributed by atoms with Gasteiger partial charge >= 0.3 is 5.97 Å². The van der Waals surface area contributed by atoms with E-state index in [2.05, 4.69) is 5.32 Å². The van der Waals surface area contributed by atoms with Gasteiger partial charge in [0.15, 0.2) is 0 Å². The fourth-order valence-electron chi connectivity index (χ4n) is 3.46. The molecule has 3 rings (SSSR count). The lowest BCUT2D eigenvalue weighted by Crippen LogP contribution is -2.17. The van der Waals surface area contributed by atoms with Crippen molar-refractivity contribution in [2.45, 2.75) is 38.5 Å². The van der Waals surface area contributed by atoms with Crippen LogP contribution in [0.5, 0.6) is 0 Å². The molecule has 4 heteroatoms. The summed E-state index contributed by atoms with van der Waals surface area (Å²) >= 11 is 0. The molecule has 1 spiro atoms. The van der Waals surface area contributed by atoms with Crippen molar-refractivity contribution < 1.29 is 14.7 Å². The summed E-state index contributed by atoms with van der Waals surface area (Å²) in [6.45, 7) is 0. The van der Waals surface area contributed by atoms with Crippen molar-refractivity contribution in [3.8, 4) is 0 Å². The van der Waals surface area contributed by atoms with Crippen LogP contribution in [-0.4, -0.2) is 17.0 Å². The highest BCUT2D eigenvalue weighted by molar-refractivity contribution is 5.95. The van der Waals surface area contributed by atoms with E-state index in [0.29, 0.717) is 5.41 Å². The zero-order valence-corrected chi connectivity index (χ0v) is 11.4. The van der Waals surface area contributed by atoms with Crippen molar-refractivity contribution >= 4 is 17.6 Å². The van der Waals surface area contributed by atoms with Crippen molar-refractivity contribution in [2.24, 2.45) is 11.3 Å². The fourth-order valence-corrected chi connectivity index (χ4v) is 3.46. The summed E-state index contributed by atoms with van der Waals surface area (Å²) in [6, 6.07) is 7.06. The van der Waals surface area contributed by atoms with Crippen molar-refractivity contribution in [3.05, 3.63) is 29.8 Å². The Hall–Kier alpha value is -1.84. The van der Waals surface area contributed by atoms with E-state index in [9.17, 15) is 9.59 Å². The van der Waals surface area contributed by atoms with Gasteiger partial charge in [0.2, 0.25) is 5.91 Å². The van der Waals surface area contributed by atoms with Gasteiger partial charge in [0.1, 0.15) is 0 Å². The standard InChI is InChI=1S/C16H19NO3/c18-14(19)9-11-3-5-12(6-4-11)17-15(20)13-10-16(13)7-1-2-8-16/h3-6,13H,1-2,7-10H2,(H,17,20)(H,18,19). The van der Waals surface area contributed by atoms with Crippen LogP contribution in [0, 0.1) is 11.3 Å². The maximum absolute atomic E-state index is 12.2. The normalized spacial score (nSPS) is 22.7. The predicted molar refractivity (Wildman–Crippen MR) is 75.4 cm³/mol. The molecule has 1 unspecified atom stereocenters. The molecule has 0 radical (unpaired) electrons. The number of carboxylic acids is 1. The largest absolute Gasteiger partial charge is 0.481 e. The first-order chi connectivity index (χ1) is 9.59. The third-order valence-corrected chi connectivity index (χ3v) is 4.68. The van der Waals surface area contributed by atoms with Crippen molar-refractivity contribution in [1.82, 2.24) is 0 Å². The summed E-state index contributed by atoms with van der Waals surface area (Å²) in [7, 11) is 0. The number of hydrogen-bond acceptors (Lipinski definition) is 2. The first kappa shape index (κ1) is 13.2. The number of amides is 1. The van der Waals surface area contributed by atoms with Crippen molar-refractivity contribution in [2.75, 3.05) is 5.32 Å². The van der Waals surface area contributed by atoms with Crippen molar-refractivity contribution in [3.63, 3.8) is 0 Å². The van der Waals surface area contributed by atoms with Gasteiger partial charge in [-0.15, -0.1) is 0 Å². The average molecular weight is 273 g/mol. The Balaban J connectivity index is 1.58. The van der Waals surface area contributed by atoms with E-state index in [1.807, 2.05) is 0 Å². The number of anilines is 1. The molecular formula is C16H19NO3. The van der Waals surface area contributed by atoms with E-state index in [4.69, 9.17) is 5.11 Å². The van der Waals surface area contributed by atoms with Gasteiger partial charge in [0, 0.05) is 11.6 Å². The van der Waals surface area contributed by atoms with Gasteiger partial charge in [-0.2, -0.15) is 0 Å². The van der Waals surface area contributed by atoms with E-state index in [1.54, 1.807) is 24.3 Å². The summed E-state index contributed by atoms with van der Waals surface area (Å²) in [5.41, 5.74) is 1.81. The third kappa shape index (κ3) is 2.55. The SMILES string of the molecule is O=C(O)Cc1ccc(NC(=O)C2CC23CCCC3)cc1. The molecule has 0 saturated heterocycles. The monoisotopic (exact) mass is 273 g/mol. The van der Waals surface area contributed by atoms with Gasteiger partial charge in [-0.25, -0.2) is 0 Å². The number of hydrogen-bond donors (Lipinski definition) is 2. The van der Waals surface area contributed by atoms with Crippen LogP contribution in [0.1, 0.15) is 37.7 Å². The molecule has 106 valence electrons. The molecule has 1 aromatic carbocycles. The van der Waals surface area contributed by atoms with E-state index in [-0.39, 0.29) is 18.2 Å². The molecule has 2 fully saturated rings. The van der Waals surface area contributed by atoms with E-state index < -0.39 is 5.97 Å². The zero-order valence-electron chi connectivity index (χ0n) is 11.4. The highest BCUT2D eigenvalue weighted by Crippen LogP contribution is 2.63. The first-order valence-electron chi connectivity index (χ1n) is 7.21. The lowest BCUT2D eigenvalue weighted by molar-refractivity contribution is -0.136. The second-order valence-electron chi connectivity index (χ2n) is 6.08. The van der Waals surface area contributed by atoms with Crippen molar-refractivity contribution in [1.29, 1.82) is 0 Å². The molecule has 20 heavy (non-hydrogen) atoms. The van der Waals surface area contributed by atoms with E-state index in [1.165, 1.54) is 25.7 Å². The number of nitrogens with one attached hydrogen (secondary N) is 1. The molecule has 2 N–H and O–H groups in total. The Morgan fingerprint density at radius 1 is 1.20 bits per heavy atom. The van der Waals surface area contributed by atoms with Gasteiger partial charge in [-0.3, -0.25) is 9.59 Å². The van der Waals surface area contributed by atoms with Crippen LogP contribution in [-0.2, 0) is 16.0 Å². The van der Waals surface area contributed by atoms with Crippen LogP contribution in [0.2, 0.25) is 0 Å². The highest BCUT2D eigenvalue weighted by Gasteiger charge is 2.58. The van der Waals surface area contributed by atoms with Gasteiger partial charge in [-0.1, -0.05) is 25.0 Å². The quantitative estimate of drug-likeness (QED) is 0.886. The number of carbonyl (C=O) groups is 2. The molecule has 1 aromatic rings. The molecular weight excluding hydrogens is 254 g/mol. The Labute approximate surface area is 118 Å². The van der Waals surface area contributed by atoms with Crippen LogP contribution >= 0.6 is 0 Å². The van der Waals surface area contributed by atoms with Crippen LogP contribution in [0.4, 0.5) is 5.69 Å². The lowest BCUT2D eigenvalue weighted by atomic mass is 10.0. The molecule has 0 aliphatic heterocycles. The Kier molecular flexibility index (Phi) is 3.24. The van der Waals surface area contributed by atoms with Gasteiger partial charge in [0.05, 0.1) is 6.42 Å². The maximum atomic E-state index is 12.2. The summed E-state index contributed by atoms with van der Waals surface area (Å²) in [5, 5.41) is 11.7. The molecule has 2 saturated carbocycles. The van der Waals surface area contributed by atoms with Crippen LogP contribution in [0.25, 0.3) is 0 Å². The molecule has 0 aromatic heterocycles. The molecule has 0 bridgehead atoms. The Morgan fingerprint density at radius 3 is 2.45 bits per heavy atom. The van der Waals surface area contributed by atoms with Crippen LogP contribution < -0.4 is 5.32 Å². The number of rotatable bonds is 4. The topological polar surface area (TPSA) is 66.4 Å². The average Bonchev–Trinajstić information content (AvgIpc) is 2.89. The number of carboxylic acid groups (broad SMARTS) is 1. The minimum atomic E-state index is -0.844. The number of aliphatic carboxylic acids is 1. The van der Waals surface area contributed by atoms with E-state index in [0.717, 1.165) is 17.7 Å². The summed E-state index contributed by atoms with van der Waals surface area (Å²) < 4.78 is 0. The highest BCUT2D eigenvalue weighted by atomic mass is 16.4. The molecule has 0 heterocycles. The van der Waals surface area contributed by atoms with Gasteiger partial charge < -0.3 is 10.4 Å². The van der Waals surface area contributed by atoms with Crippen LogP contribution in [0.15, 0.2) is 24.3 Å². The minimum Gasteiger partial charge on any atom is -0.481 e. The second-order valence-corrected chi connectivity index (χ2v) is 6.08. The second kappa shape index (κ2) is 4.93. The summed E-state index contributed by atoms with van der Waals surface area (Å²) in [5.74, 6) is -0.537. The predicted octanol–water partition coefficient (Wildman–Crippen LogP) is 2.83. The maximum Gasteiger partial charge on any atom is 0.307 e. The Bertz CT molecular complexity index is 529. The van der Waals surface area contributed by atoms with Gasteiger partial charge in [0.25, 0.3) is 0 Å². The van der Waals surface area contributed by atoms with Gasteiger partial charge in [-0.05, 0) is 42.4 Å². The lowest BCUT2D eigenvalue weighted by Gasteiger charge is -2.09. The number of benzene rings is 1. The Morgan fingerprint density at radius 2 is 1.85 bits per heavy atom.